The van der Waals surface area contributed by atoms with Gasteiger partial charge in [0.15, 0.2) is 6.23 Å². The number of hydrogen-bond donors (Lipinski definition) is 0. The molecule has 26 heavy (non-hydrogen) atoms. The normalized spacial score (nSPS) is 19.5. The van der Waals surface area contributed by atoms with Gasteiger partial charge in [-0.3, -0.25) is 14.7 Å². The molecule has 0 N–H and O–H groups in total. The molecular weight excluding hydrogens is 349 g/mol. The first-order valence-corrected chi connectivity index (χ1v) is 7.85. The van der Waals surface area contributed by atoms with Gasteiger partial charge in [0.25, 0.3) is 0 Å². The number of fused-ring (bicyclic) bond motifs is 1. The van der Waals surface area contributed by atoms with Gasteiger partial charge >= 0.3 is 18.3 Å². The fourth-order valence-electron chi connectivity index (χ4n) is 2.92. The maximum absolute atomic E-state index is 14.6. The van der Waals surface area contributed by atoms with Crippen molar-refractivity contribution in [1.29, 1.82) is 0 Å². The van der Waals surface area contributed by atoms with Crippen LogP contribution in [-0.2, 0) is 20.6 Å². The molecule has 10 heteroatoms. The number of hydrogen-bond acceptors (Lipinski definition) is 6. The lowest BCUT2D eigenvalue weighted by molar-refractivity contribution is 0.0343. The van der Waals surface area contributed by atoms with Gasteiger partial charge in [0.1, 0.15) is 5.82 Å². The Hall–Kier alpha value is -3.04. The summed E-state index contributed by atoms with van der Waals surface area (Å²) in [6, 6.07) is 2.76. The lowest BCUT2D eigenvalue weighted by atomic mass is 10.1. The van der Waals surface area contributed by atoms with Gasteiger partial charge in [-0.2, -0.15) is 0 Å². The quantitative estimate of drug-likeness (QED) is 0.742. The molecule has 1 aromatic carbocycles. The van der Waals surface area contributed by atoms with Gasteiger partial charge in [0.2, 0.25) is 0 Å². The van der Waals surface area contributed by atoms with Gasteiger partial charge in [0, 0.05) is 20.5 Å². The van der Waals surface area contributed by atoms with Crippen LogP contribution < -0.4 is 9.80 Å². The second kappa shape index (κ2) is 6.70. The number of rotatable bonds is 2. The molecule has 0 radical (unpaired) electrons. The first kappa shape index (κ1) is 17.8. The highest BCUT2D eigenvalue weighted by atomic mass is 19.1. The molecule has 2 aliphatic heterocycles. The monoisotopic (exact) mass is 367 g/mol. The zero-order chi connectivity index (χ0) is 19.0. The summed E-state index contributed by atoms with van der Waals surface area (Å²) in [7, 11) is 4.07. The van der Waals surface area contributed by atoms with Crippen molar-refractivity contribution in [1.82, 2.24) is 4.90 Å². The molecule has 2 heterocycles. The molecule has 0 bridgehead atoms. The Bertz CT molecular complexity index is 771. The smallest absolute Gasteiger partial charge is 0.416 e. The summed E-state index contributed by atoms with van der Waals surface area (Å²) < 4.78 is 29.4. The molecule has 2 aliphatic rings. The van der Waals surface area contributed by atoms with E-state index in [2.05, 4.69) is 4.74 Å². The molecule has 0 aromatic heterocycles. The Morgan fingerprint density at radius 3 is 2.77 bits per heavy atom. The number of anilines is 2. The number of methoxy groups -OCH3 is 1. The average Bonchev–Trinajstić information content (AvgIpc) is 2.94. The molecule has 140 valence electrons. The van der Waals surface area contributed by atoms with Gasteiger partial charge in [-0.1, -0.05) is 0 Å². The third-order valence-electron chi connectivity index (χ3n) is 4.34. The summed E-state index contributed by atoms with van der Waals surface area (Å²) in [6.45, 7) is 0.130. The van der Waals surface area contributed by atoms with Crippen LogP contribution in [0.3, 0.4) is 0 Å². The maximum Gasteiger partial charge on any atom is 0.416 e. The molecule has 1 saturated heterocycles. The highest BCUT2D eigenvalue weighted by molar-refractivity contribution is 5.93. The van der Waals surface area contributed by atoms with Crippen molar-refractivity contribution in [2.45, 2.75) is 12.6 Å². The summed E-state index contributed by atoms with van der Waals surface area (Å²) in [4.78, 5) is 39.0. The highest BCUT2D eigenvalue weighted by Gasteiger charge is 2.38. The van der Waals surface area contributed by atoms with E-state index in [0.717, 1.165) is 15.9 Å². The lowest BCUT2D eigenvalue weighted by Crippen LogP contribution is -2.39. The summed E-state index contributed by atoms with van der Waals surface area (Å²) in [5.41, 5.74) is 0.924. The molecule has 3 amide bonds. The van der Waals surface area contributed by atoms with E-state index in [-0.39, 0.29) is 24.5 Å². The molecule has 0 spiro atoms. The number of benzene rings is 1. The van der Waals surface area contributed by atoms with Crippen LogP contribution in [0.25, 0.3) is 0 Å². The van der Waals surface area contributed by atoms with Crippen molar-refractivity contribution < 1.29 is 33.0 Å². The van der Waals surface area contributed by atoms with Crippen molar-refractivity contribution >= 4 is 29.7 Å². The fraction of sp³-hybridized carbons (Fsp3) is 0.438. The lowest BCUT2D eigenvalue weighted by Gasteiger charge is -2.21. The van der Waals surface area contributed by atoms with Crippen LogP contribution >= 0.6 is 0 Å². The minimum absolute atomic E-state index is 0.0218. The summed E-state index contributed by atoms with van der Waals surface area (Å²) >= 11 is 0. The second-order valence-electron chi connectivity index (χ2n) is 5.89. The molecule has 1 fully saturated rings. The Balaban J connectivity index is 1.90. The summed E-state index contributed by atoms with van der Waals surface area (Å²) in [6.07, 6.45) is -2.56. The van der Waals surface area contributed by atoms with Gasteiger partial charge in [-0.25, -0.2) is 18.8 Å². The Labute approximate surface area is 148 Å². The van der Waals surface area contributed by atoms with Gasteiger partial charge in [0.05, 0.1) is 31.6 Å². The number of cyclic esters (lactones) is 2. The molecule has 1 aromatic rings. The molecule has 1 atom stereocenters. The van der Waals surface area contributed by atoms with Crippen molar-refractivity contribution in [2.24, 2.45) is 0 Å². The fourth-order valence-corrected chi connectivity index (χ4v) is 2.92. The first-order chi connectivity index (χ1) is 12.3. The number of ether oxygens (including phenoxy) is 3. The predicted molar refractivity (Wildman–Crippen MR) is 87.6 cm³/mol. The number of amides is 3. The predicted octanol–water partition coefficient (Wildman–Crippen LogP) is 1.94. The largest absolute Gasteiger partial charge is 0.453 e. The number of likely N-dealkylation sites (N-methyl/N-ethyl adjacent to an activating group) is 1. The minimum atomic E-state index is -0.857. The van der Waals surface area contributed by atoms with E-state index in [1.54, 1.807) is 6.07 Å². The Morgan fingerprint density at radius 1 is 1.35 bits per heavy atom. The number of carbonyl (C=O) groups excluding carboxylic acids is 3. The SMILES string of the molecule is COC(=O)N(C)[C@@H]1CN(c2cc(F)c3c(c2)CCOC(=O)N3C)C(=O)O1. The standard InChI is InChI=1S/C16H18FN3O6/c1-18(14(21)24-3)12-8-20(16(23)26-12)10-6-9-4-5-25-15(22)19(2)13(9)11(17)7-10/h6-7,12H,4-5,8H2,1-3H3/t12-/m0/s1. The molecular formula is C16H18FN3O6. The van der Waals surface area contributed by atoms with Crippen LogP contribution in [-0.4, -0.2) is 63.8 Å². The topological polar surface area (TPSA) is 88.6 Å². The number of nitrogens with zero attached hydrogens (tertiary/aromatic N) is 3. The molecule has 0 aliphatic carbocycles. The molecule has 0 saturated carbocycles. The van der Waals surface area contributed by atoms with Gasteiger partial charge in [-0.05, 0) is 17.7 Å². The van der Waals surface area contributed by atoms with Crippen molar-refractivity contribution in [2.75, 3.05) is 44.2 Å². The zero-order valence-corrected chi connectivity index (χ0v) is 14.5. The maximum atomic E-state index is 14.6. The van der Waals surface area contributed by atoms with Crippen molar-refractivity contribution in [3.63, 3.8) is 0 Å². The molecule has 9 nitrogen and oxygen atoms in total. The van der Waals surface area contributed by atoms with E-state index < -0.39 is 30.3 Å². The van der Waals surface area contributed by atoms with Gasteiger partial charge < -0.3 is 14.2 Å². The third kappa shape index (κ3) is 2.98. The highest BCUT2D eigenvalue weighted by Crippen LogP contribution is 2.33. The number of halogens is 1. The van der Waals surface area contributed by atoms with E-state index in [9.17, 15) is 18.8 Å². The molecule has 0 unspecified atom stereocenters. The Morgan fingerprint density at radius 2 is 2.08 bits per heavy atom. The third-order valence-corrected chi connectivity index (χ3v) is 4.34. The van der Waals surface area contributed by atoms with Crippen LogP contribution in [0, 0.1) is 5.82 Å². The van der Waals surface area contributed by atoms with E-state index in [4.69, 9.17) is 9.47 Å². The molecule has 3 rings (SSSR count). The first-order valence-electron chi connectivity index (χ1n) is 7.85. The second-order valence-corrected chi connectivity index (χ2v) is 5.89. The minimum Gasteiger partial charge on any atom is -0.453 e. The van der Waals surface area contributed by atoms with Gasteiger partial charge in [-0.15, -0.1) is 0 Å². The van der Waals surface area contributed by atoms with Crippen LogP contribution in [0.15, 0.2) is 12.1 Å². The van der Waals surface area contributed by atoms with Crippen LogP contribution in [0.4, 0.5) is 30.1 Å². The zero-order valence-electron chi connectivity index (χ0n) is 14.5. The number of carbonyl (C=O) groups is 3. The van der Waals surface area contributed by atoms with Crippen molar-refractivity contribution in [3.8, 4) is 0 Å². The van der Waals surface area contributed by atoms with E-state index >= 15 is 0 Å². The van der Waals surface area contributed by atoms with Crippen LogP contribution in [0.2, 0.25) is 0 Å². The van der Waals surface area contributed by atoms with E-state index in [1.165, 1.54) is 26.1 Å². The van der Waals surface area contributed by atoms with Crippen molar-refractivity contribution in [3.05, 3.63) is 23.5 Å². The van der Waals surface area contributed by atoms with Crippen LogP contribution in [0.1, 0.15) is 5.56 Å². The van der Waals surface area contributed by atoms with Crippen LogP contribution in [0.5, 0.6) is 0 Å². The summed E-state index contributed by atoms with van der Waals surface area (Å²) in [5.74, 6) is -0.656. The Kier molecular flexibility index (Phi) is 4.58. The van der Waals surface area contributed by atoms with E-state index in [1.807, 2.05) is 0 Å². The van der Waals surface area contributed by atoms with E-state index in [0.29, 0.717) is 12.0 Å². The average molecular weight is 367 g/mol. The summed E-state index contributed by atoms with van der Waals surface area (Å²) in [5, 5.41) is 0.